The molecule has 2 saturated heterocycles. The van der Waals surface area contributed by atoms with Gasteiger partial charge in [-0.2, -0.15) is 0 Å². The monoisotopic (exact) mass is 336 g/mol. The Bertz CT molecular complexity index is 630. The topological polar surface area (TPSA) is 94.5 Å². The fourth-order valence-electron chi connectivity index (χ4n) is 4.14. The number of hydrogen-bond acceptors (Lipinski definition) is 7. The molecule has 3 fully saturated rings. The summed E-state index contributed by atoms with van der Waals surface area (Å²) in [6.07, 6.45) is -0.531. The smallest absolute Gasteiger partial charge is 0.338 e. The largest absolute Gasteiger partial charge is 0.508 e. The Kier molecular flexibility index (Phi) is 3.76. The molecule has 1 aliphatic carbocycles. The van der Waals surface area contributed by atoms with Crippen molar-refractivity contribution in [3.05, 3.63) is 29.8 Å². The van der Waals surface area contributed by atoms with Gasteiger partial charge in [0.15, 0.2) is 12.6 Å². The van der Waals surface area contributed by atoms with Crippen molar-refractivity contribution in [1.82, 2.24) is 0 Å². The van der Waals surface area contributed by atoms with Crippen LogP contribution in [-0.4, -0.2) is 54.2 Å². The van der Waals surface area contributed by atoms with Crippen LogP contribution in [0.5, 0.6) is 5.75 Å². The molecule has 2 aliphatic heterocycles. The summed E-state index contributed by atoms with van der Waals surface area (Å²) in [7, 11) is 1.55. The molecule has 2 N–H and O–H groups in total. The molecule has 4 rings (SSSR count). The summed E-state index contributed by atoms with van der Waals surface area (Å²) in [6.45, 7) is 0.169. The average Bonchev–Trinajstić information content (AvgIpc) is 3.05. The highest BCUT2D eigenvalue weighted by atomic mass is 16.8. The van der Waals surface area contributed by atoms with Gasteiger partial charge in [0.05, 0.1) is 17.8 Å². The number of carbonyl (C=O) groups is 1. The summed E-state index contributed by atoms with van der Waals surface area (Å²) in [5, 5.41) is 20.1. The fraction of sp³-hybridized carbons (Fsp3) is 0.588. The third kappa shape index (κ3) is 2.48. The number of phenolic OH excluding ortho intramolecular Hbond substituents is 1. The highest BCUT2D eigenvalue weighted by Gasteiger charge is 2.64. The molecule has 0 bridgehead atoms. The van der Waals surface area contributed by atoms with Crippen LogP contribution in [0.25, 0.3) is 0 Å². The number of hydrogen-bond donors (Lipinski definition) is 2. The van der Waals surface area contributed by atoms with Gasteiger partial charge in [0.1, 0.15) is 11.9 Å². The molecule has 0 spiro atoms. The van der Waals surface area contributed by atoms with Crippen molar-refractivity contribution < 1.29 is 34.0 Å². The zero-order valence-corrected chi connectivity index (χ0v) is 13.3. The Morgan fingerprint density at radius 2 is 2.08 bits per heavy atom. The minimum Gasteiger partial charge on any atom is -0.508 e. The summed E-state index contributed by atoms with van der Waals surface area (Å²) >= 11 is 0. The van der Waals surface area contributed by atoms with Crippen LogP contribution in [0.3, 0.4) is 0 Å². The average molecular weight is 336 g/mol. The standard InChI is InChI=1S/C17H20O7/c1-21-13-6-11-12(7-17(20)8-22-16(24-13)14(11)17)23-15(19)9-2-4-10(18)5-3-9/h2-5,11-14,16,18,20H,6-8H2,1H3. The lowest BCUT2D eigenvalue weighted by Gasteiger charge is -2.37. The highest BCUT2D eigenvalue weighted by Crippen LogP contribution is 2.53. The maximum Gasteiger partial charge on any atom is 0.338 e. The van der Waals surface area contributed by atoms with E-state index in [1.165, 1.54) is 24.3 Å². The molecule has 7 nitrogen and oxygen atoms in total. The van der Waals surface area contributed by atoms with Crippen LogP contribution in [0.1, 0.15) is 23.2 Å². The van der Waals surface area contributed by atoms with Gasteiger partial charge >= 0.3 is 5.97 Å². The summed E-state index contributed by atoms with van der Waals surface area (Å²) in [5.74, 6) is -0.686. The quantitative estimate of drug-likeness (QED) is 0.796. The maximum atomic E-state index is 12.4. The molecule has 6 unspecified atom stereocenters. The third-order valence-electron chi connectivity index (χ3n) is 5.28. The number of rotatable bonds is 3. The van der Waals surface area contributed by atoms with Gasteiger partial charge in [-0.3, -0.25) is 0 Å². The second-order valence-corrected chi connectivity index (χ2v) is 6.70. The van der Waals surface area contributed by atoms with E-state index in [1.54, 1.807) is 7.11 Å². The molecule has 7 heteroatoms. The molecule has 1 saturated carbocycles. The van der Waals surface area contributed by atoms with E-state index >= 15 is 0 Å². The molecule has 6 atom stereocenters. The third-order valence-corrected chi connectivity index (χ3v) is 5.28. The molecule has 130 valence electrons. The van der Waals surface area contributed by atoms with E-state index in [-0.39, 0.29) is 24.2 Å². The van der Waals surface area contributed by atoms with Crippen LogP contribution in [0.2, 0.25) is 0 Å². The molecule has 24 heavy (non-hydrogen) atoms. The van der Waals surface area contributed by atoms with Gasteiger partial charge in [0.25, 0.3) is 0 Å². The van der Waals surface area contributed by atoms with Crippen molar-refractivity contribution in [1.29, 1.82) is 0 Å². The number of aliphatic hydroxyl groups is 1. The van der Waals surface area contributed by atoms with E-state index in [1.807, 2.05) is 0 Å². The van der Waals surface area contributed by atoms with Gasteiger partial charge < -0.3 is 29.2 Å². The lowest BCUT2D eigenvalue weighted by Crippen LogP contribution is -2.45. The first-order valence-electron chi connectivity index (χ1n) is 8.02. The van der Waals surface area contributed by atoms with E-state index in [9.17, 15) is 15.0 Å². The first-order chi connectivity index (χ1) is 11.5. The van der Waals surface area contributed by atoms with Crippen molar-refractivity contribution in [2.24, 2.45) is 11.8 Å². The Morgan fingerprint density at radius 3 is 2.79 bits per heavy atom. The van der Waals surface area contributed by atoms with Crippen molar-refractivity contribution in [2.45, 2.75) is 37.1 Å². The first kappa shape index (κ1) is 15.8. The Labute approximate surface area is 139 Å². The molecule has 0 radical (unpaired) electrons. The van der Waals surface area contributed by atoms with Gasteiger partial charge in [0.2, 0.25) is 0 Å². The zero-order valence-electron chi connectivity index (χ0n) is 13.3. The minimum atomic E-state index is -1.03. The summed E-state index contributed by atoms with van der Waals surface area (Å²) < 4.78 is 22.2. The van der Waals surface area contributed by atoms with Crippen LogP contribution in [0, 0.1) is 11.8 Å². The Morgan fingerprint density at radius 1 is 1.33 bits per heavy atom. The molecule has 2 heterocycles. The Hall–Kier alpha value is -1.67. The number of esters is 1. The number of ether oxygens (including phenoxy) is 4. The van der Waals surface area contributed by atoms with E-state index < -0.39 is 30.3 Å². The van der Waals surface area contributed by atoms with Crippen molar-refractivity contribution in [3.63, 3.8) is 0 Å². The number of phenols is 1. The van der Waals surface area contributed by atoms with Crippen LogP contribution < -0.4 is 0 Å². The molecule has 0 amide bonds. The summed E-state index contributed by atoms with van der Waals surface area (Å²) in [5.41, 5.74) is -0.673. The van der Waals surface area contributed by atoms with Crippen molar-refractivity contribution in [2.75, 3.05) is 13.7 Å². The predicted molar refractivity (Wildman–Crippen MR) is 80.1 cm³/mol. The number of carbonyl (C=O) groups excluding carboxylic acids is 1. The van der Waals surface area contributed by atoms with E-state index in [0.29, 0.717) is 18.4 Å². The summed E-state index contributed by atoms with van der Waals surface area (Å²) in [4.78, 5) is 12.4. The van der Waals surface area contributed by atoms with Gasteiger partial charge in [0, 0.05) is 31.8 Å². The normalized spacial score (nSPS) is 40.3. The maximum absolute atomic E-state index is 12.4. The van der Waals surface area contributed by atoms with E-state index in [0.717, 1.165) is 0 Å². The Balaban J connectivity index is 1.53. The second-order valence-electron chi connectivity index (χ2n) is 6.70. The van der Waals surface area contributed by atoms with E-state index in [4.69, 9.17) is 18.9 Å². The predicted octanol–water partition coefficient (Wildman–Crippen LogP) is 1.03. The van der Waals surface area contributed by atoms with Crippen molar-refractivity contribution >= 4 is 5.97 Å². The van der Waals surface area contributed by atoms with Crippen LogP contribution >= 0.6 is 0 Å². The first-order valence-corrected chi connectivity index (χ1v) is 8.02. The zero-order chi connectivity index (χ0) is 16.9. The minimum absolute atomic E-state index is 0.0812. The van der Waals surface area contributed by atoms with E-state index in [2.05, 4.69) is 0 Å². The molecule has 3 aliphatic rings. The molecular formula is C17H20O7. The van der Waals surface area contributed by atoms with Crippen LogP contribution in [-0.2, 0) is 18.9 Å². The van der Waals surface area contributed by atoms with Crippen LogP contribution in [0.4, 0.5) is 0 Å². The molecule has 1 aromatic carbocycles. The van der Waals surface area contributed by atoms with Gasteiger partial charge in [-0.05, 0) is 24.3 Å². The van der Waals surface area contributed by atoms with Gasteiger partial charge in [-0.25, -0.2) is 4.79 Å². The number of aromatic hydroxyl groups is 1. The number of methoxy groups -OCH3 is 1. The molecular weight excluding hydrogens is 316 g/mol. The lowest BCUT2D eigenvalue weighted by molar-refractivity contribution is -0.274. The van der Waals surface area contributed by atoms with Crippen LogP contribution in [0.15, 0.2) is 24.3 Å². The molecule has 0 aromatic heterocycles. The van der Waals surface area contributed by atoms with Gasteiger partial charge in [-0.15, -0.1) is 0 Å². The second kappa shape index (κ2) is 5.70. The molecule has 1 aromatic rings. The SMILES string of the molecule is COC1CC2C(OC(=O)c3ccc(O)cc3)CC3(O)COC(O1)C23. The van der Waals surface area contributed by atoms with Crippen molar-refractivity contribution in [3.8, 4) is 5.75 Å². The fourth-order valence-corrected chi connectivity index (χ4v) is 4.14. The lowest BCUT2D eigenvalue weighted by atomic mass is 9.84. The number of benzene rings is 1. The highest BCUT2D eigenvalue weighted by molar-refractivity contribution is 5.89. The van der Waals surface area contributed by atoms with Gasteiger partial charge in [-0.1, -0.05) is 0 Å². The summed E-state index contributed by atoms with van der Waals surface area (Å²) in [6, 6.07) is 5.89.